The van der Waals surface area contributed by atoms with Gasteiger partial charge in [0.25, 0.3) is 0 Å². The molecular weight excluding hydrogens is 318 g/mol. The number of pyridine rings is 1. The van der Waals surface area contributed by atoms with Crippen LogP contribution in [0.5, 0.6) is 0 Å². The fourth-order valence-electron chi connectivity index (χ4n) is 4.15. The summed E-state index contributed by atoms with van der Waals surface area (Å²) in [5, 5.41) is 10.3. The standard InChI is InChI=1S/C18H23N5O2/c1-18(2)14(13-6-10-25-15(13)18)22-17(24)20-11-12-5-3-7-19-16(12)23-9-4-8-21-23/h3-5,7-9,13-15H,6,10-11H2,1-2H3,(H2,20,22,24)/t13-,14-,15+/m1/s1. The minimum absolute atomic E-state index is 0.0208. The van der Waals surface area contributed by atoms with E-state index < -0.39 is 0 Å². The molecule has 0 aromatic carbocycles. The molecule has 0 radical (unpaired) electrons. The number of ether oxygens (including phenoxy) is 1. The van der Waals surface area contributed by atoms with Crippen molar-refractivity contribution in [1.29, 1.82) is 0 Å². The van der Waals surface area contributed by atoms with Crippen molar-refractivity contribution < 1.29 is 9.53 Å². The number of amides is 2. The maximum absolute atomic E-state index is 12.4. The van der Waals surface area contributed by atoms with E-state index in [4.69, 9.17) is 4.74 Å². The van der Waals surface area contributed by atoms with Crippen LogP contribution < -0.4 is 10.6 Å². The number of nitrogens with one attached hydrogen (secondary N) is 2. The number of hydrogen-bond donors (Lipinski definition) is 2. The molecule has 2 fully saturated rings. The van der Waals surface area contributed by atoms with Gasteiger partial charge in [0.1, 0.15) is 0 Å². The van der Waals surface area contributed by atoms with Crippen molar-refractivity contribution in [2.24, 2.45) is 11.3 Å². The number of carbonyl (C=O) groups excluding carboxylic acids is 1. The first-order valence-electron chi connectivity index (χ1n) is 8.67. The second kappa shape index (κ2) is 6.15. The lowest BCUT2D eigenvalue weighted by Gasteiger charge is -2.54. The summed E-state index contributed by atoms with van der Waals surface area (Å²) in [6.07, 6.45) is 6.55. The Morgan fingerprint density at radius 2 is 2.28 bits per heavy atom. The summed E-state index contributed by atoms with van der Waals surface area (Å²) in [6, 6.07) is 5.64. The molecule has 1 saturated heterocycles. The average Bonchev–Trinajstić information content (AvgIpc) is 3.28. The predicted octanol–water partition coefficient (Wildman–Crippen LogP) is 1.88. The van der Waals surface area contributed by atoms with E-state index in [2.05, 4.69) is 34.6 Å². The summed E-state index contributed by atoms with van der Waals surface area (Å²) in [5.41, 5.74) is 0.892. The molecule has 3 heterocycles. The molecule has 2 aliphatic rings. The van der Waals surface area contributed by atoms with Gasteiger partial charge in [-0.2, -0.15) is 5.10 Å². The van der Waals surface area contributed by atoms with Gasteiger partial charge in [-0.15, -0.1) is 0 Å². The van der Waals surface area contributed by atoms with Crippen LogP contribution in [0.3, 0.4) is 0 Å². The first-order chi connectivity index (χ1) is 12.1. The third kappa shape index (κ3) is 2.78. The van der Waals surface area contributed by atoms with Gasteiger partial charge in [0.2, 0.25) is 0 Å². The molecule has 2 amide bonds. The van der Waals surface area contributed by atoms with Crippen molar-refractivity contribution in [3.05, 3.63) is 42.4 Å². The van der Waals surface area contributed by atoms with E-state index in [1.165, 1.54) is 0 Å². The molecule has 0 bridgehead atoms. The van der Waals surface area contributed by atoms with Gasteiger partial charge in [-0.1, -0.05) is 19.9 Å². The summed E-state index contributed by atoms with van der Waals surface area (Å²) in [4.78, 5) is 16.8. The van der Waals surface area contributed by atoms with Gasteiger partial charge in [0.05, 0.1) is 6.10 Å². The van der Waals surface area contributed by atoms with Gasteiger partial charge in [-0.05, 0) is 18.6 Å². The monoisotopic (exact) mass is 341 g/mol. The maximum Gasteiger partial charge on any atom is 0.315 e. The lowest BCUT2D eigenvalue weighted by Crippen LogP contribution is -2.67. The van der Waals surface area contributed by atoms with Crippen molar-refractivity contribution in [3.8, 4) is 5.82 Å². The first kappa shape index (κ1) is 16.1. The van der Waals surface area contributed by atoms with Crippen molar-refractivity contribution in [2.75, 3.05) is 6.61 Å². The second-order valence-electron chi connectivity index (χ2n) is 7.31. The van der Waals surface area contributed by atoms with Crippen LogP contribution in [0.25, 0.3) is 5.82 Å². The van der Waals surface area contributed by atoms with E-state index in [-0.39, 0.29) is 23.6 Å². The molecule has 7 heteroatoms. The average molecular weight is 341 g/mol. The Kier molecular flexibility index (Phi) is 3.95. The number of carbonyl (C=O) groups is 1. The molecule has 1 aliphatic heterocycles. The number of nitrogens with zero attached hydrogens (tertiary/aromatic N) is 3. The SMILES string of the molecule is CC1(C)[C@H](NC(=O)NCc2cccnc2-n2cccn2)[C@H]2CCO[C@@H]21. The van der Waals surface area contributed by atoms with Crippen LogP contribution >= 0.6 is 0 Å². The fraction of sp³-hybridized carbons (Fsp3) is 0.500. The molecule has 1 aliphatic carbocycles. The smallest absolute Gasteiger partial charge is 0.315 e. The quantitative estimate of drug-likeness (QED) is 0.890. The van der Waals surface area contributed by atoms with Crippen LogP contribution in [-0.2, 0) is 11.3 Å². The second-order valence-corrected chi connectivity index (χ2v) is 7.31. The maximum atomic E-state index is 12.4. The zero-order valence-corrected chi connectivity index (χ0v) is 14.5. The van der Waals surface area contributed by atoms with Crippen LogP contribution in [0.4, 0.5) is 4.79 Å². The normalized spacial score (nSPS) is 26.6. The minimum atomic E-state index is -0.154. The van der Waals surface area contributed by atoms with Gasteiger partial charge < -0.3 is 15.4 Å². The van der Waals surface area contributed by atoms with Crippen molar-refractivity contribution >= 4 is 6.03 Å². The minimum Gasteiger partial charge on any atom is -0.377 e. The molecule has 7 nitrogen and oxygen atoms in total. The predicted molar refractivity (Wildman–Crippen MR) is 92.1 cm³/mol. The van der Waals surface area contributed by atoms with Crippen LogP contribution in [0.1, 0.15) is 25.8 Å². The molecule has 2 aromatic rings. The highest BCUT2D eigenvalue weighted by molar-refractivity contribution is 5.74. The van der Waals surface area contributed by atoms with E-state index in [1.54, 1.807) is 17.1 Å². The summed E-state index contributed by atoms with van der Waals surface area (Å²) in [7, 11) is 0. The Hall–Kier alpha value is -2.41. The molecule has 2 N–H and O–H groups in total. The molecule has 4 rings (SSSR count). The summed E-state index contributed by atoms with van der Waals surface area (Å²) >= 11 is 0. The van der Waals surface area contributed by atoms with Gasteiger partial charge in [-0.3, -0.25) is 0 Å². The van der Waals surface area contributed by atoms with E-state index in [1.807, 2.05) is 24.4 Å². The Morgan fingerprint density at radius 1 is 1.40 bits per heavy atom. The van der Waals surface area contributed by atoms with Crippen LogP contribution in [0, 0.1) is 11.3 Å². The molecule has 2 aromatic heterocycles. The highest BCUT2D eigenvalue weighted by Crippen LogP contribution is 2.52. The van der Waals surface area contributed by atoms with Gasteiger partial charge in [-0.25, -0.2) is 14.5 Å². The summed E-state index contributed by atoms with van der Waals surface area (Å²) in [5.74, 6) is 1.15. The summed E-state index contributed by atoms with van der Waals surface area (Å²) < 4.78 is 7.47. The van der Waals surface area contributed by atoms with E-state index in [0.717, 1.165) is 24.4 Å². The van der Waals surface area contributed by atoms with Crippen LogP contribution in [0.15, 0.2) is 36.8 Å². The van der Waals surface area contributed by atoms with E-state index >= 15 is 0 Å². The Balaban J connectivity index is 1.39. The molecular formula is C18H23N5O2. The van der Waals surface area contributed by atoms with E-state index in [9.17, 15) is 4.79 Å². The number of urea groups is 1. The Bertz CT molecular complexity index is 759. The molecule has 25 heavy (non-hydrogen) atoms. The topological polar surface area (TPSA) is 81.1 Å². The van der Waals surface area contributed by atoms with Gasteiger partial charge in [0.15, 0.2) is 5.82 Å². The number of fused-ring (bicyclic) bond motifs is 1. The molecule has 0 unspecified atom stereocenters. The number of rotatable bonds is 4. The van der Waals surface area contributed by atoms with Crippen molar-refractivity contribution in [3.63, 3.8) is 0 Å². The summed E-state index contributed by atoms with van der Waals surface area (Å²) in [6.45, 7) is 5.50. The van der Waals surface area contributed by atoms with Crippen LogP contribution in [-0.4, -0.2) is 39.5 Å². The first-order valence-corrected chi connectivity index (χ1v) is 8.67. The lowest BCUT2D eigenvalue weighted by atomic mass is 9.57. The third-order valence-electron chi connectivity index (χ3n) is 5.42. The molecule has 0 spiro atoms. The fourth-order valence-corrected chi connectivity index (χ4v) is 4.15. The largest absolute Gasteiger partial charge is 0.377 e. The molecule has 1 saturated carbocycles. The molecule has 3 atom stereocenters. The Labute approximate surface area is 146 Å². The third-order valence-corrected chi connectivity index (χ3v) is 5.42. The van der Waals surface area contributed by atoms with Gasteiger partial charge in [0, 0.05) is 54.7 Å². The zero-order valence-electron chi connectivity index (χ0n) is 14.5. The van der Waals surface area contributed by atoms with Crippen LogP contribution in [0.2, 0.25) is 0 Å². The van der Waals surface area contributed by atoms with Crippen molar-refractivity contribution in [2.45, 2.75) is 39.0 Å². The van der Waals surface area contributed by atoms with Crippen molar-refractivity contribution in [1.82, 2.24) is 25.4 Å². The lowest BCUT2D eigenvalue weighted by molar-refractivity contribution is -0.108. The van der Waals surface area contributed by atoms with Gasteiger partial charge >= 0.3 is 6.03 Å². The van der Waals surface area contributed by atoms with E-state index in [0.29, 0.717) is 12.5 Å². The Morgan fingerprint density at radius 3 is 3.08 bits per heavy atom. The molecule has 132 valence electrons. The zero-order chi connectivity index (χ0) is 17.4. The highest BCUT2D eigenvalue weighted by Gasteiger charge is 2.59. The number of aromatic nitrogens is 3. The highest BCUT2D eigenvalue weighted by atomic mass is 16.5. The number of hydrogen-bond acceptors (Lipinski definition) is 4.